The average molecular weight is 191 g/mol. The van der Waals surface area contributed by atoms with Crippen LogP contribution in [0.3, 0.4) is 0 Å². The van der Waals surface area contributed by atoms with Gasteiger partial charge in [-0.2, -0.15) is 0 Å². The second-order valence-corrected chi connectivity index (χ2v) is 2.76. The molecule has 1 aromatic rings. The monoisotopic (exact) mass is 191 g/mol. The number of carbonyl (C=O) groups excluding carboxylic acids is 1. The number of nitrogens with one attached hydrogen (secondary N) is 1. The summed E-state index contributed by atoms with van der Waals surface area (Å²) >= 11 is 0. The third-order valence-electron chi connectivity index (χ3n) is 1.85. The molecule has 0 fully saturated rings. The van der Waals surface area contributed by atoms with E-state index >= 15 is 0 Å². The molecule has 1 atom stereocenters. The van der Waals surface area contributed by atoms with E-state index in [1.54, 1.807) is 6.08 Å². The summed E-state index contributed by atoms with van der Waals surface area (Å²) in [5.41, 5.74) is 0.980. The van der Waals surface area contributed by atoms with Crippen molar-refractivity contribution in [3.8, 4) is 0 Å². The topological polar surface area (TPSA) is 38.3 Å². The maximum absolute atomic E-state index is 11.0. The summed E-state index contributed by atoms with van der Waals surface area (Å²) in [6.45, 7) is 3.65. The van der Waals surface area contributed by atoms with Crippen LogP contribution in [0.15, 0.2) is 43.0 Å². The first-order valence-corrected chi connectivity index (χ1v) is 4.30. The molecular formula is C11H13NO2. The molecule has 3 heteroatoms. The molecule has 0 aromatic heterocycles. The fourth-order valence-corrected chi connectivity index (χ4v) is 1.12. The van der Waals surface area contributed by atoms with Gasteiger partial charge in [0, 0.05) is 0 Å². The number of benzene rings is 1. The molecule has 1 amide bonds. The van der Waals surface area contributed by atoms with E-state index in [4.69, 9.17) is 0 Å². The lowest BCUT2D eigenvalue weighted by Gasteiger charge is -2.13. The van der Waals surface area contributed by atoms with E-state index in [0.29, 0.717) is 0 Å². The second kappa shape index (κ2) is 5.07. The highest BCUT2D eigenvalue weighted by Gasteiger charge is 2.09. The third kappa shape index (κ3) is 2.62. The Morgan fingerprint density at radius 1 is 1.50 bits per heavy atom. The van der Waals surface area contributed by atoms with Crippen molar-refractivity contribution in [2.24, 2.45) is 0 Å². The zero-order valence-corrected chi connectivity index (χ0v) is 8.07. The minimum absolute atomic E-state index is 0.205. The van der Waals surface area contributed by atoms with Gasteiger partial charge >= 0.3 is 6.09 Å². The van der Waals surface area contributed by atoms with E-state index in [0.717, 1.165) is 5.56 Å². The van der Waals surface area contributed by atoms with Gasteiger partial charge in [-0.25, -0.2) is 4.79 Å². The van der Waals surface area contributed by atoms with E-state index in [9.17, 15) is 4.79 Å². The lowest BCUT2D eigenvalue weighted by Crippen LogP contribution is -2.26. The van der Waals surface area contributed by atoms with Gasteiger partial charge in [-0.05, 0) is 5.56 Å². The van der Waals surface area contributed by atoms with Gasteiger partial charge in [0.2, 0.25) is 0 Å². The normalized spacial score (nSPS) is 11.5. The predicted molar refractivity (Wildman–Crippen MR) is 54.9 cm³/mol. The number of hydrogen-bond acceptors (Lipinski definition) is 2. The van der Waals surface area contributed by atoms with Gasteiger partial charge < -0.3 is 10.1 Å². The largest absolute Gasteiger partial charge is 0.453 e. The Labute approximate surface area is 83.4 Å². The van der Waals surface area contributed by atoms with Crippen LogP contribution in [0.1, 0.15) is 11.6 Å². The number of alkyl carbamates (subject to hydrolysis) is 1. The highest BCUT2D eigenvalue weighted by atomic mass is 16.5. The van der Waals surface area contributed by atoms with Crippen LogP contribution in [0, 0.1) is 0 Å². The number of hydrogen-bond donors (Lipinski definition) is 1. The Hall–Kier alpha value is -1.77. The summed E-state index contributed by atoms with van der Waals surface area (Å²) in [7, 11) is 1.33. The summed E-state index contributed by atoms with van der Waals surface area (Å²) in [5, 5.41) is 2.65. The van der Waals surface area contributed by atoms with Crippen molar-refractivity contribution in [2.75, 3.05) is 7.11 Å². The lowest BCUT2D eigenvalue weighted by molar-refractivity contribution is 0.168. The molecule has 1 rings (SSSR count). The number of amides is 1. The Balaban J connectivity index is 2.73. The van der Waals surface area contributed by atoms with Crippen molar-refractivity contribution in [1.29, 1.82) is 0 Å². The quantitative estimate of drug-likeness (QED) is 0.744. The summed E-state index contributed by atoms with van der Waals surface area (Å²) in [5.74, 6) is 0. The molecule has 0 saturated carbocycles. The number of rotatable bonds is 3. The molecule has 1 N–H and O–H groups in total. The van der Waals surface area contributed by atoms with Crippen LogP contribution < -0.4 is 5.32 Å². The van der Waals surface area contributed by atoms with Crippen molar-refractivity contribution in [3.05, 3.63) is 48.6 Å². The van der Waals surface area contributed by atoms with Crippen LogP contribution >= 0.6 is 0 Å². The molecule has 0 aliphatic carbocycles. The summed E-state index contributed by atoms with van der Waals surface area (Å²) in [4.78, 5) is 11.0. The molecule has 14 heavy (non-hydrogen) atoms. The van der Waals surface area contributed by atoms with Crippen LogP contribution in [0.5, 0.6) is 0 Å². The first-order chi connectivity index (χ1) is 6.77. The average Bonchev–Trinajstić information content (AvgIpc) is 2.26. The molecule has 3 nitrogen and oxygen atoms in total. The smallest absolute Gasteiger partial charge is 0.407 e. The summed E-state index contributed by atoms with van der Waals surface area (Å²) in [6, 6.07) is 9.37. The standard InChI is InChI=1S/C11H13NO2/c1-3-10(12-11(13)14-2)9-7-5-4-6-8-9/h3-8,10H,1H2,2H3,(H,12,13). The highest BCUT2D eigenvalue weighted by Crippen LogP contribution is 2.12. The molecule has 1 aromatic carbocycles. The van der Waals surface area contributed by atoms with Crippen LogP contribution in [-0.4, -0.2) is 13.2 Å². The van der Waals surface area contributed by atoms with E-state index in [1.807, 2.05) is 30.3 Å². The molecular weight excluding hydrogens is 178 g/mol. The van der Waals surface area contributed by atoms with Gasteiger partial charge in [0.1, 0.15) is 0 Å². The highest BCUT2D eigenvalue weighted by molar-refractivity contribution is 5.68. The molecule has 0 heterocycles. The molecule has 0 saturated heterocycles. The Bertz CT molecular complexity index is 308. The van der Waals surface area contributed by atoms with Crippen molar-refractivity contribution in [3.63, 3.8) is 0 Å². The van der Waals surface area contributed by atoms with Gasteiger partial charge in [-0.3, -0.25) is 0 Å². The maximum atomic E-state index is 11.0. The van der Waals surface area contributed by atoms with E-state index < -0.39 is 6.09 Å². The predicted octanol–water partition coefficient (Wildman–Crippen LogP) is 2.27. The van der Waals surface area contributed by atoms with Gasteiger partial charge in [0.05, 0.1) is 13.2 Å². The fraction of sp³-hybridized carbons (Fsp3) is 0.182. The summed E-state index contributed by atoms with van der Waals surface area (Å²) in [6.07, 6.45) is 1.20. The second-order valence-electron chi connectivity index (χ2n) is 2.76. The Kier molecular flexibility index (Phi) is 3.73. The fourth-order valence-electron chi connectivity index (χ4n) is 1.12. The van der Waals surface area contributed by atoms with Gasteiger partial charge in [-0.1, -0.05) is 36.4 Å². The van der Waals surface area contributed by atoms with E-state index in [1.165, 1.54) is 7.11 Å². The van der Waals surface area contributed by atoms with E-state index in [-0.39, 0.29) is 6.04 Å². The Morgan fingerprint density at radius 2 is 2.14 bits per heavy atom. The third-order valence-corrected chi connectivity index (χ3v) is 1.85. The SMILES string of the molecule is C=CC(NC(=O)OC)c1ccccc1. The number of methoxy groups -OCH3 is 1. The summed E-state index contributed by atoms with van der Waals surface area (Å²) < 4.78 is 4.51. The van der Waals surface area contributed by atoms with Gasteiger partial charge in [0.15, 0.2) is 0 Å². The molecule has 0 spiro atoms. The molecule has 74 valence electrons. The minimum atomic E-state index is -0.459. The first-order valence-electron chi connectivity index (χ1n) is 4.30. The minimum Gasteiger partial charge on any atom is -0.453 e. The zero-order chi connectivity index (χ0) is 10.4. The molecule has 0 aliphatic heterocycles. The van der Waals surface area contributed by atoms with Crippen molar-refractivity contribution >= 4 is 6.09 Å². The van der Waals surface area contributed by atoms with E-state index in [2.05, 4.69) is 16.6 Å². The van der Waals surface area contributed by atoms with Crippen molar-refractivity contribution in [2.45, 2.75) is 6.04 Å². The first kappa shape index (κ1) is 10.3. The maximum Gasteiger partial charge on any atom is 0.407 e. The lowest BCUT2D eigenvalue weighted by atomic mass is 10.1. The molecule has 0 radical (unpaired) electrons. The van der Waals surface area contributed by atoms with Crippen LogP contribution in [0.25, 0.3) is 0 Å². The van der Waals surface area contributed by atoms with Crippen LogP contribution in [0.2, 0.25) is 0 Å². The molecule has 1 unspecified atom stereocenters. The van der Waals surface area contributed by atoms with Crippen molar-refractivity contribution in [1.82, 2.24) is 5.32 Å². The number of carbonyl (C=O) groups is 1. The van der Waals surface area contributed by atoms with Crippen molar-refractivity contribution < 1.29 is 9.53 Å². The Morgan fingerprint density at radius 3 is 2.64 bits per heavy atom. The van der Waals surface area contributed by atoms with Gasteiger partial charge in [0.25, 0.3) is 0 Å². The molecule has 0 aliphatic rings. The van der Waals surface area contributed by atoms with Crippen LogP contribution in [0.4, 0.5) is 4.79 Å². The van der Waals surface area contributed by atoms with Crippen LogP contribution in [-0.2, 0) is 4.74 Å². The number of ether oxygens (including phenoxy) is 1. The van der Waals surface area contributed by atoms with Gasteiger partial charge in [-0.15, -0.1) is 6.58 Å². The zero-order valence-electron chi connectivity index (χ0n) is 8.07. The molecule has 0 bridgehead atoms.